The quantitative estimate of drug-likeness (QED) is 0.913. The van der Waals surface area contributed by atoms with E-state index in [0.717, 1.165) is 12.0 Å². The molecule has 0 aromatic carbocycles. The van der Waals surface area contributed by atoms with E-state index in [1.54, 1.807) is 0 Å². The van der Waals surface area contributed by atoms with Crippen molar-refractivity contribution in [3.05, 3.63) is 22.4 Å². The van der Waals surface area contributed by atoms with E-state index in [0.29, 0.717) is 0 Å². The summed E-state index contributed by atoms with van der Waals surface area (Å²) >= 11 is 1.82. The summed E-state index contributed by atoms with van der Waals surface area (Å²) in [5, 5.41) is 8.33. The van der Waals surface area contributed by atoms with Crippen LogP contribution in [0.5, 0.6) is 0 Å². The zero-order valence-electron chi connectivity index (χ0n) is 12.5. The minimum Gasteiger partial charge on any atom is -0.312 e. The van der Waals surface area contributed by atoms with Crippen LogP contribution in [0.3, 0.4) is 0 Å². The molecule has 112 valence electrons. The lowest BCUT2D eigenvalue weighted by Gasteiger charge is -2.33. The fourth-order valence-electron chi connectivity index (χ4n) is 3.80. The Labute approximate surface area is 127 Å². The van der Waals surface area contributed by atoms with Crippen LogP contribution in [0.2, 0.25) is 0 Å². The molecule has 1 aliphatic carbocycles. The summed E-state index contributed by atoms with van der Waals surface area (Å²) in [4.78, 5) is 2.71. The molecule has 1 aliphatic heterocycles. The lowest BCUT2D eigenvalue weighted by Crippen LogP contribution is -2.44. The molecule has 2 fully saturated rings. The van der Waals surface area contributed by atoms with E-state index in [9.17, 15) is 0 Å². The van der Waals surface area contributed by atoms with Gasteiger partial charge in [-0.25, -0.2) is 0 Å². The molecule has 1 unspecified atom stereocenters. The minimum absolute atomic E-state index is 0.750. The van der Waals surface area contributed by atoms with Crippen molar-refractivity contribution in [2.24, 2.45) is 5.92 Å². The third kappa shape index (κ3) is 4.06. The summed E-state index contributed by atoms with van der Waals surface area (Å²) in [6, 6.07) is 3.03. The maximum Gasteiger partial charge on any atom is 0.0223 e. The van der Waals surface area contributed by atoms with Crippen molar-refractivity contribution in [2.45, 2.75) is 51.0 Å². The molecular weight excluding hydrogens is 264 g/mol. The van der Waals surface area contributed by atoms with Gasteiger partial charge < -0.3 is 10.2 Å². The highest BCUT2D eigenvalue weighted by molar-refractivity contribution is 7.07. The third-order valence-electron chi connectivity index (χ3n) is 5.03. The molecule has 3 heteroatoms. The first kappa shape index (κ1) is 14.6. The van der Waals surface area contributed by atoms with Crippen LogP contribution in [0, 0.1) is 5.92 Å². The van der Waals surface area contributed by atoms with Gasteiger partial charge in [-0.2, -0.15) is 11.3 Å². The number of hydrogen-bond acceptors (Lipinski definition) is 3. The highest BCUT2D eigenvalue weighted by Gasteiger charge is 2.26. The van der Waals surface area contributed by atoms with Crippen LogP contribution in [-0.2, 0) is 6.42 Å². The van der Waals surface area contributed by atoms with Gasteiger partial charge in [0.05, 0.1) is 0 Å². The van der Waals surface area contributed by atoms with Gasteiger partial charge in [-0.05, 0) is 67.1 Å². The predicted molar refractivity (Wildman–Crippen MR) is 87.4 cm³/mol. The first-order chi connectivity index (χ1) is 9.92. The molecule has 0 amide bonds. The van der Waals surface area contributed by atoms with Crippen LogP contribution in [0.4, 0.5) is 0 Å². The van der Waals surface area contributed by atoms with E-state index in [1.165, 1.54) is 76.7 Å². The Morgan fingerprint density at radius 1 is 1.20 bits per heavy atom. The number of nitrogens with zero attached hydrogens (tertiary/aromatic N) is 1. The molecule has 2 aliphatic rings. The molecule has 1 aromatic heterocycles. The highest BCUT2D eigenvalue weighted by Crippen LogP contribution is 2.27. The number of hydrogen-bond donors (Lipinski definition) is 1. The van der Waals surface area contributed by atoms with Gasteiger partial charge in [-0.15, -0.1) is 0 Å². The smallest absolute Gasteiger partial charge is 0.0223 e. The van der Waals surface area contributed by atoms with Gasteiger partial charge in [0.25, 0.3) is 0 Å². The summed E-state index contributed by atoms with van der Waals surface area (Å²) in [5.74, 6) is 0.936. The summed E-state index contributed by atoms with van der Waals surface area (Å²) in [5.41, 5.74) is 1.52. The molecule has 1 aromatic rings. The molecule has 0 bridgehead atoms. The second kappa shape index (κ2) is 7.58. The molecule has 1 atom stereocenters. The average Bonchev–Trinajstić information content (AvgIpc) is 2.90. The van der Waals surface area contributed by atoms with E-state index in [4.69, 9.17) is 0 Å². The predicted octanol–water partition coefficient (Wildman–Crippen LogP) is 3.53. The van der Waals surface area contributed by atoms with Crippen molar-refractivity contribution in [1.29, 1.82) is 0 Å². The van der Waals surface area contributed by atoms with Gasteiger partial charge in [0, 0.05) is 19.1 Å². The maximum atomic E-state index is 3.83. The van der Waals surface area contributed by atoms with E-state index < -0.39 is 0 Å². The van der Waals surface area contributed by atoms with Gasteiger partial charge in [0.1, 0.15) is 0 Å². The van der Waals surface area contributed by atoms with Gasteiger partial charge in [-0.1, -0.05) is 19.3 Å². The molecule has 2 heterocycles. The fourth-order valence-corrected chi connectivity index (χ4v) is 4.50. The van der Waals surface area contributed by atoms with Crippen LogP contribution in [0.25, 0.3) is 0 Å². The third-order valence-corrected chi connectivity index (χ3v) is 5.76. The van der Waals surface area contributed by atoms with Crippen LogP contribution in [0.15, 0.2) is 16.8 Å². The van der Waals surface area contributed by atoms with Gasteiger partial charge in [0.15, 0.2) is 0 Å². The van der Waals surface area contributed by atoms with Crippen LogP contribution in [-0.4, -0.2) is 37.1 Å². The Morgan fingerprint density at radius 2 is 2.10 bits per heavy atom. The van der Waals surface area contributed by atoms with Crippen molar-refractivity contribution in [1.82, 2.24) is 10.2 Å². The van der Waals surface area contributed by atoms with Gasteiger partial charge in [-0.3, -0.25) is 0 Å². The Hall–Kier alpha value is -0.380. The average molecular weight is 292 g/mol. The van der Waals surface area contributed by atoms with E-state index in [-0.39, 0.29) is 0 Å². The van der Waals surface area contributed by atoms with Crippen molar-refractivity contribution in [3.63, 3.8) is 0 Å². The molecule has 1 N–H and O–H groups in total. The zero-order valence-corrected chi connectivity index (χ0v) is 13.3. The van der Waals surface area contributed by atoms with E-state index in [2.05, 4.69) is 27.0 Å². The number of nitrogens with one attached hydrogen (secondary N) is 1. The van der Waals surface area contributed by atoms with Crippen LogP contribution in [0.1, 0.15) is 44.1 Å². The zero-order chi connectivity index (χ0) is 13.6. The normalized spacial score (nSPS) is 26.5. The van der Waals surface area contributed by atoms with Crippen LogP contribution < -0.4 is 5.32 Å². The van der Waals surface area contributed by atoms with E-state index in [1.807, 2.05) is 11.3 Å². The maximum absolute atomic E-state index is 3.83. The Morgan fingerprint density at radius 3 is 2.90 bits per heavy atom. The van der Waals surface area contributed by atoms with Gasteiger partial charge in [0.2, 0.25) is 0 Å². The molecule has 1 saturated heterocycles. The largest absolute Gasteiger partial charge is 0.312 e. The number of rotatable bonds is 4. The molecular formula is C17H28N2S. The highest BCUT2D eigenvalue weighted by atomic mass is 32.1. The monoisotopic (exact) mass is 292 g/mol. The topological polar surface area (TPSA) is 15.3 Å². The standard InChI is InChI=1S/C17H28N2S/c1-2-5-16(6-3-1)17-13-19(10-4-9-18-17)11-7-15-8-12-20-14-15/h8,12,14,16-18H,1-7,9-11,13H2. The summed E-state index contributed by atoms with van der Waals surface area (Å²) in [7, 11) is 0. The summed E-state index contributed by atoms with van der Waals surface area (Å²) in [6.45, 7) is 5.01. The van der Waals surface area contributed by atoms with E-state index >= 15 is 0 Å². The fraction of sp³-hybridized carbons (Fsp3) is 0.765. The second-order valence-corrected chi connectivity index (χ2v) is 7.27. The first-order valence-corrected chi connectivity index (χ1v) is 9.33. The molecule has 0 radical (unpaired) electrons. The van der Waals surface area contributed by atoms with Crippen molar-refractivity contribution in [2.75, 3.05) is 26.2 Å². The molecule has 2 nitrogen and oxygen atoms in total. The molecule has 20 heavy (non-hydrogen) atoms. The summed E-state index contributed by atoms with van der Waals surface area (Å²) < 4.78 is 0. The minimum atomic E-state index is 0.750. The second-order valence-electron chi connectivity index (χ2n) is 6.49. The van der Waals surface area contributed by atoms with Crippen molar-refractivity contribution >= 4 is 11.3 Å². The summed E-state index contributed by atoms with van der Waals surface area (Å²) in [6.07, 6.45) is 9.82. The Kier molecular flexibility index (Phi) is 5.51. The lowest BCUT2D eigenvalue weighted by molar-refractivity contribution is 0.207. The van der Waals surface area contributed by atoms with Gasteiger partial charge >= 0.3 is 0 Å². The van der Waals surface area contributed by atoms with Crippen molar-refractivity contribution in [3.8, 4) is 0 Å². The lowest BCUT2D eigenvalue weighted by atomic mass is 9.83. The SMILES string of the molecule is c1cc(CCN2CCCNC(C3CCCCC3)C2)cs1. The molecule has 0 spiro atoms. The van der Waals surface area contributed by atoms with Crippen molar-refractivity contribution < 1.29 is 0 Å². The Bertz CT molecular complexity index is 370. The Balaban J connectivity index is 1.51. The molecule has 1 saturated carbocycles. The molecule has 3 rings (SSSR count). The van der Waals surface area contributed by atoms with Crippen LogP contribution >= 0.6 is 11.3 Å². The number of thiophene rings is 1. The first-order valence-electron chi connectivity index (χ1n) is 8.38.